The first kappa shape index (κ1) is 17.3. The van der Waals surface area contributed by atoms with Gasteiger partial charge in [0, 0.05) is 31.2 Å². The van der Waals surface area contributed by atoms with Crippen molar-refractivity contribution in [3.05, 3.63) is 0 Å². The minimum absolute atomic E-state index is 0.707. The first-order valence-corrected chi connectivity index (χ1v) is 9.66. The molecule has 4 atom stereocenters. The number of piperazine rings is 1. The van der Waals surface area contributed by atoms with Gasteiger partial charge < -0.3 is 5.32 Å². The normalized spacial score (nSPS) is 32.6. The average molecular weight is 295 g/mol. The SMILES string of the molecule is CCC(C)C1CN(C2CCCCCC2)C(C(C)CC)CN1. The molecule has 21 heavy (non-hydrogen) atoms. The topological polar surface area (TPSA) is 15.3 Å². The van der Waals surface area contributed by atoms with E-state index in [0.29, 0.717) is 6.04 Å². The smallest absolute Gasteiger partial charge is 0.0249 e. The minimum Gasteiger partial charge on any atom is -0.311 e. The third kappa shape index (κ3) is 4.45. The zero-order chi connectivity index (χ0) is 15.2. The molecular weight excluding hydrogens is 256 g/mol. The van der Waals surface area contributed by atoms with Crippen molar-refractivity contribution in [1.82, 2.24) is 10.2 Å². The molecule has 0 aromatic heterocycles. The van der Waals surface area contributed by atoms with E-state index < -0.39 is 0 Å². The van der Waals surface area contributed by atoms with Crippen molar-refractivity contribution in [3.63, 3.8) is 0 Å². The zero-order valence-corrected chi connectivity index (χ0v) is 14.9. The molecule has 1 heterocycles. The van der Waals surface area contributed by atoms with Crippen LogP contribution < -0.4 is 5.32 Å². The summed E-state index contributed by atoms with van der Waals surface area (Å²) in [5.74, 6) is 1.62. The van der Waals surface area contributed by atoms with Crippen LogP contribution in [-0.4, -0.2) is 36.1 Å². The Kier molecular flexibility index (Phi) is 7.01. The molecule has 1 aliphatic carbocycles. The van der Waals surface area contributed by atoms with Gasteiger partial charge in [-0.3, -0.25) is 4.90 Å². The van der Waals surface area contributed by atoms with Crippen LogP contribution >= 0.6 is 0 Å². The van der Waals surface area contributed by atoms with Gasteiger partial charge in [0.05, 0.1) is 0 Å². The third-order valence-electron chi connectivity index (χ3n) is 6.35. The maximum Gasteiger partial charge on any atom is 0.0249 e. The predicted octanol–water partition coefficient (Wildman–Crippen LogP) is 4.44. The van der Waals surface area contributed by atoms with Crippen LogP contribution in [0.25, 0.3) is 0 Å². The highest BCUT2D eigenvalue weighted by atomic mass is 15.3. The molecular formula is C19H38N2. The lowest BCUT2D eigenvalue weighted by atomic mass is 9.88. The quantitative estimate of drug-likeness (QED) is 0.754. The summed E-state index contributed by atoms with van der Waals surface area (Å²) in [5.41, 5.74) is 0. The largest absolute Gasteiger partial charge is 0.311 e. The Hall–Kier alpha value is -0.0800. The summed E-state index contributed by atoms with van der Waals surface area (Å²) in [6.45, 7) is 12.1. The van der Waals surface area contributed by atoms with E-state index in [2.05, 4.69) is 37.9 Å². The molecule has 2 fully saturated rings. The maximum absolute atomic E-state index is 3.88. The zero-order valence-electron chi connectivity index (χ0n) is 14.9. The van der Waals surface area contributed by atoms with Crippen molar-refractivity contribution in [2.45, 2.75) is 97.2 Å². The van der Waals surface area contributed by atoms with Gasteiger partial charge in [0.25, 0.3) is 0 Å². The Bertz CT molecular complexity index is 283. The molecule has 4 unspecified atom stereocenters. The van der Waals surface area contributed by atoms with E-state index in [9.17, 15) is 0 Å². The van der Waals surface area contributed by atoms with Gasteiger partial charge in [-0.25, -0.2) is 0 Å². The highest BCUT2D eigenvalue weighted by molar-refractivity contribution is 4.93. The Labute approximate surface area is 133 Å². The van der Waals surface area contributed by atoms with Crippen LogP contribution in [0.15, 0.2) is 0 Å². The Morgan fingerprint density at radius 1 is 0.952 bits per heavy atom. The molecule has 2 rings (SSSR count). The first-order chi connectivity index (χ1) is 10.2. The molecule has 0 amide bonds. The van der Waals surface area contributed by atoms with Gasteiger partial charge in [0.15, 0.2) is 0 Å². The molecule has 0 aromatic carbocycles. The highest BCUT2D eigenvalue weighted by Gasteiger charge is 2.36. The average Bonchev–Trinajstić information content (AvgIpc) is 2.82. The Morgan fingerprint density at radius 2 is 1.57 bits per heavy atom. The lowest BCUT2D eigenvalue weighted by molar-refractivity contribution is 0.0323. The van der Waals surface area contributed by atoms with E-state index in [1.165, 1.54) is 64.5 Å². The molecule has 1 N–H and O–H groups in total. The second-order valence-corrected chi connectivity index (χ2v) is 7.70. The van der Waals surface area contributed by atoms with E-state index >= 15 is 0 Å². The van der Waals surface area contributed by atoms with Crippen LogP contribution in [0.2, 0.25) is 0 Å². The summed E-state index contributed by atoms with van der Waals surface area (Å²) in [6, 6.07) is 2.33. The maximum atomic E-state index is 3.88. The van der Waals surface area contributed by atoms with E-state index in [-0.39, 0.29) is 0 Å². The molecule has 0 aromatic rings. The van der Waals surface area contributed by atoms with Gasteiger partial charge in [-0.05, 0) is 24.7 Å². The van der Waals surface area contributed by atoms with Gasteiger partial charge in [0.2, 0.25) is 0 Å². The van der Waals surface area contributed by atoms with Crippen molar-refractivity contribution in [1.29, 1.82) is 0 Å². The van der Waals surface area contributed by atoms with Crippen LogP contribution in [0.1, 0.15) is 79.1 Å². The number of nitrogens with zero attached hydrogens (tertiary/aromatic N) is 1. The van der Waals surface area contributed by atoms with Crippen molar-refractivity contribution in [3.8, 4) is 0 Å². The standard InChI is InChI=1S/C19H38N2/c1-5-15(3)18-14-21(17-11-9-7-8-10-12-17)19(13-20-18)16(4)6-2/h15-20H,5-14H2,1-4H3. The van der Waals surface area contributed by atoms with E-state index in [1.54, 1.807) is 0 Å². The van der Waals surface area contributed by atoms with Gasteiger partial charge in [-0.1, -0.05) is 66.2 Å². The van der Waals surface area contributed by atoms with Crippen LogP contribution in [0.3, 0.4) is 0 Å². The van der Waals surface area contributed by atoms with Gasteiger partial charge in [-0.2, -0.15) is 0 Å². The number of hydrogen-bond acceptors (Lipinski definition) is 2. The van der Waals surface area contributed by atoms with E-state index in [4.69, 9.17) is 0 Å². The molecule has 1 saturated carbocycles. The van der Waals surface area contributed by atoms with Crippen molar-refractivity contribution >= 4 is 0 Å². The summed E-state index contributed by atoms with van der Waals surface area (Å²) < 4.78 is 0. The van der Waals surface area contributed by atoms with Gasteiger partial charge in [-0.15, -0.1) is 0 Å². The van der Waals surface area contributed by atoms with Gasteiger partial charge >= 0.3 is 0 Å². The number of rotatable bonds is 5. The fourth-order valence-electron chi connectivity index (χ4n) is 4.29. The third-order valence-corrected chi connectivity index (χ3v) is 6.35. The van der Waals surface area contributed by atoms with Gasteiger partial charge in [0.1, 0.15) is 0 Å². The highest BCUT2D eigenvalue weighted by Crippen LogP contribution is 2.29. The monoisotopic (exact) mass is 294 g/mol. The lowest BCUT2D eigenvalue weighted by Gasteiger charge is -2.48. The molecule has 0 radical (unpaired) electrons. The Morgan fingerprint density at radius 3 is 2.14 bits per heavy atom. The van der Waals surface area contributed by atoms with Crippen LogP contribution in [-0.2, 0) is 0 Å². The fraction of sp³-hybridized carbons (Fsp3) is 1.00. The summed E-state index contributed by atoms with van der Waals surface area (Å²) in [4.78, 5) is 2.94. The van der Waals surface area contributed by atoms with Crippen LogP contribution in [0, 0.1) is 11.8 Å². The summed E-state index contributed by atoms with van der Waals surface area (Å²) >= 11 is 0. The second kappa shape index (κ2) is 8.53. The predicted molar refractivity (Wildman–Crippen MR) is 92.7 cm³/mol. The summed E-state index contributed by atoms with van der Waals surface area (Å²) in [6.07, 6.45) is 11.3. The Balaban J connectivity index is 2.07. The molecule has 0 bridgehead atoms. The number of hydrogen-bond donors (Lipinski definition) is 1. The molecule has 2 heteroatoms. The van der Waals surface area contributed by atoms with E-state index in [0.717, 1.165) is 23.9 Å². The molecule has 1 aliphatic heterocycles. The van der Waals surface area contributed by atoms with Crippen LogP contribution in [0.4, 0.5) is 0 Å². The van der Waals surface area contributed by atoms with Crippen LogP contribution in [0.5, 0.6) is 0 Å². The van der Waals surface area contributed by atoms with Crippen molar-refractivity contribution in [2.75, 3.05) is 13.1 Å². The number of nitrogens with one attached hydrogen (secondary N) is 1. The van der Waals surface area contributed by atoms with E-state index in [1.807, 2.05) is 0 Å². The summed E-state index contributed by atoms with van der Waals surface area (Å²) in [7, 11) is 0. The first-order valence-electron chi connectivity index (χ1n) is 9.66. The minimum atomic E-state index is 0.707. The molecule has 0 spiro atoms. The van der Waals surface area contributed by atoms with Crippen molar-refractivity contribution < 1.29 is 0 Å². The molecule has 1 saturated heterocycles. The second-order valence-electron chi connectivity index (χ2n) is 7.70. The van der Waals surface area contributed by atoms with Crippen molar-refractivity contribution in [2.24, 2.45) is 11.8 Å². The summed E-state index contributed by atoms with van der Waals surface area (Å²) in [5, 5.41) is 3.88. The lowest BCUT2D eigenvalue weighted by Crippen LogP contribution is -2.62. The molecule has 2 nitrogen and oxygen atoms in total. The molecule has 124 valence electrons. The molecule has 2 aliphatic rings. The fourth-order valence-corrected chi connectivity index (χ4v) is 4.29.